The third-order valence-corrected chi connectivity index (χ3v) is 4.74. The Morgan fingerprint density at radius 3 is 2.29 bits per heavy atom. The van der Waals surface area contributed by atoms with Crippen molar-refractivity contribution >= 4 is 22.8 Å². The Hall–Kier alpha value is -2.37. The van der Waals surface area contributed by atoms with E-state index < -0.39 is 5.41 Å². The summed E-state index contributed by atoms with van der Waals surface area (Å²) in [5.41, 5.74) is 1.39. The number of imidazole rings is 1. The van der Waals surface area contributed by atoms with E-state index in [1.165, 1.54) is 0 Å². The SMILES string of the molecule is CC(C)N(C(=O)Cn1c(CCNC(=O)C(C)(C)C)nc2ccccc21)C(C)C. The van der Waals surface area contributed by atoms with Crippen LogP contribution < -0.4 is 5.32 Å². The summed E-state index contributed by atoms with van der Waals surface area (Å²) < 4.78 is 1.98. The lowest BCUT2D eigenvalue weighted by Crippen LogP contribution is -2.44. The zero-order valence-corrected chi connectivity index (χ0v) is 18.2. The molecule has 0 aliphatic carbocycles. The number of nitrogens with zero attached hydrogens (tertiary/aromatic N) is 3. The van der Waals surface area contributed by atoms with Crippen molar-refractivity contribution in [3.63, 3.8) is 0 Å². The fraction of sp³-hybridized carbons (Fsp3) is 0.591. The fourth-order valence-electron chi connectivity index (χ4n) is 3.43. The predicted molar refractivity (Wildman–Crippen MR) is 113 cm³/mol. The largest absolute Gasteiger partial charge is 0.355 e. The first-order valence-electron chi connectivity index (χ1n) is 10.1. The number of benzene rings is 1. The second-order valence-corrected chi connectivity index (χ2v) is 8.85. The Kier molecular flexibility index (Phi) is 6.86. The van der Waals surface area contributed by atoms with Gasteiger partial charge >= 0.3 is 0 Å². The molecule has 1 heterocycles. The third-order valence-electron chi connectivity index (χ3n) is 4.74. The van der Waals surface area contributed by atoms with Crippen LogP contribution in [0.2, 0.25) is 0 Å². The van der Waals surface area contributed by atoms with Gasteiger partial charge in [-0.3, -0.25) is 9.59 Å². The minimum Gasteiger partial charge on any atom is -0.355 e. The van der Waals surface area contributed by atoms with Crippen LogP contribution in [0.4, 0.5) is 0 Å². The molecule has 0 aliphatic rings. The highest BCUT2D eigenvalue weighted by Gasteiger charge is 2.23. The normalized spacial score (nSPS) is 12.0. The zero-order chi connectivity index (χ0) is 21.1. The van der Waals surface area contributed by atoms with Gasteiger partial charge in [-0.15, -0.1) is 0 Å². The van der Waals surface area contributed by atoms with Gasteiger partial charge in [0.15, 0.2) is 0 Å². The van der Waals surface area contributed by atoms with Gasteiger partial charge in [0.2, 0.25) is 11.8 Å². The molecule has 0 atom stereocenters. The molecule has 0 spiro atoms. The summed E-state index contributed by atoms with van der Waals surface area (Å²) in [6.45, 7) is 14.6. The number of aromatic nitrogens is 2. The van der Waals surface area contributed by atoms with E-state index in [0.29, 0.717) is 13.0 Å². The number of hydrogen-bond acceptors (Lipinski definition) is 3. The van der Waals surface area contributed by atoms with Gasteiger partial charge in [-0.05, 0) is 39.8 Å². The quantitative estimate of drug-likeness (QED) is 0.793. The smallest absolute Gasteiger partial charge is 0.243 e. The van der Waals surface area contributed by atoms with Gasteiger partial charge in [0.05, 0.1) is 11.0 Å². The lowest BCUT2D eigenvalue weighted by Gasteiger charge is -2.31. The summed E-state index contributed by atoms with van der Waals surface area (Å²) in [5, 5.41) is 2.97. The van der Waals surface area contributed by atoms with Crippen LogP contribution in [-0.2, 0) is 22.6 Å². The van der Waals surface area contributed by atoms with E-state index in [9.17, 15) is 9.59 Å². The molecule has 1 N–H and O–H groups in total. The standard InChI is InChI=1S/C22H34N4O2/c1-15(2)26(16(3)4)20(27)14-25-18-11-9-8-10-17(18)24-19(25)12-13-23-21(28)22(5,6)7/h8-11,15-16H,12-14H2,1-7H3,(H,23,28). The van der Waals surface area contributed by atoms with Crippen LogP contribution in [0.1, 0.15) is 54.3 Å². The van der Waals surface area contributed by atoms with E-state index in [4.69, 9.17) is 4.98 Å². The average Bonchev–Trinajstić information content (AvgIpc) is 2.91. The van der Waals surface area contributed by atoms with E-state index in [1.807, 2.05) is 82.2 Å². The minimum atomic E-state index is -0.425. The first kappa shape index (κ1) is 21.9. The second kappa shape index (κ2) is 8.76. The summed E-state index contributed by atoms with van der Waals surface area (Å²) >= 11 is 0. The Balaban J connectivity index is 2.25. The van der Waals surface area contributed by atoms with Crippen LogP contribution in [0.25, 0.3) is 11.0 Å². The van der Waals surface area contributed by atoms with Crippen LogP contribution in [-0.4, -0.2) is 44.9 Å². The first-order valence-corrected chi connectivity index (χ1v) is 10.1. The molecule has 0 saturated carbocycles. The summed E-state index contributed by atoms with van der Waals surface area (Å²) in [5.74, 6) is 0.904. The fourth-order valence-corrected chi connectivity index (χ4v) is 3.43. The molecule has 0 radical (unpaired) electrons. The topological polar surface area (TPSA) is 67.2 Å². The number of para-hydroxylation sites is 2. The number of hydrogen-bond donors (Lipinski definition) is 1. The van der Waals surface area contributed by atoms with Gasteiger partial charge in [-0.25, -0.2) is 4.98 Å². The Bertz CT molecular complexity index is 823. The van der Waals surface area contributed by atoms with Crippen LogP contribution in [0.15, 0.2) is 24.3 Å². The summed E-state index contributed by atoms with van der Waals surface area (Å²) in [6, 6.07) is 8.12. The second-order valence-electron chi connectivity index (χ2n) is 8.85. The highest BCUT2D eigenvalue weighted by molar-refractivity contribution is 5.82. The number of carbonyl (C=O) groups excluding carboxylic acids is 2. The lowest BCUT2D eigenvalue weighted by molar-refractivity contribution is -0.135. The molecule has 1 aromatic heterocycles. The number of amides is 2. The molecular weight excluding hydrogens is 352 g/mol. The molecule has 6 nitrogen and oxygen atoms in total. The van der Waals surface area contributed by atoms with Crippen LogP contribution in [0.5, 0.6) is 0 Å². The lowest BCUT2D eigenvalue weighted by atomic mass is 9.96. The molecule has 2 rings (SSSR count). The van der Waals surface area contributed by atoms with E-state index >= 15 is 0 Å². The molecule has 1 aromatic carbocycles. The minimum absolute atomic E-state index is 0.0111. The molecule has 6 heteroatoms. The summed E-state index contributed by atoms with van der Waals surface area (Å²) in [7, 11) is 0. The molecule has 0 bridgehead atoms. The molecular formula is C22H34N4O2. The summed E-state index contributed by atoms with van der Waals surface area (Å²) in [4.78, 5) is 31.8. The van der Waals surface area contributed by atoms with Gasteiger partial charge in [-0.2, -0.15) is 0 Å². The van der Waals surface area contributed by atoms with Crippen LogP contribution in [0.3, 0.4) is 0 Å². The maximum Gasteiger partial charge on any atom is 0.243 e. The molecule has 2 aromatic rings. The van der Waals surface area contributed by atoms with Crippen molar-refractivity contribution in [2.45, 2.75) is 73.5 Å². The van der Waals surface area contributed by atoms with E-state index in [0.717, 1.165) is 16.9 Å². The number of carbonyl (C=O) groups is 2. The molecule has 0 unspecified atom stereocenters. The first-order chi connectivity index (χ1) is 13.0. The molecule has 28 heavy (non-hydrogen) atoms. The number of fused-ring (bicyclic) bond motifs is 1. The number of nitrogens with one attached hydrogen (secondary N) is 1. The molecule has 0 saturated heterocycles. The highest BCUT2D eigenvalue weighted by atomic mass is 16.2. The highest BCUT2D eigenvalue weighted by Crippen LogP contribution is 2.18. The van der Waals surface area contributed by atoms with Crippen molar-refractivity contribution in [3.8, 4) is 0 Å². The maximum atomic E-state index is 13.0. The van der Waals surface area contributed by atoms with Gasteiger partial charge < -0.3 is 14.8 Å². The van der Waals surface area contributed by atoms with Crippen molar-refractivity contribution in [1.82, 2.24) is 19.8 Å². The zero-order valence-electron chi connectivity index (χ0n) is 18.2. The Morgan fingerprint density at radius 2 is 1.71 bits per heavy atom. The van der Waals surface area contributed by atoms with Crippen molar-refractivity contribution < 1.29 is 9.59 Å². The van der Waals surface area contributed by atoms with E-state index in [1.54, 1.807) is 0 Å². The van der Waals surface area contributed by atoms with Crippen molar-refractivity contribution in [1.29, 1.82) is 0 Å². The molecule has 2 amide bonds. The predicted octanol–water partition coefficient (Wildman–Crippen LogP) is 3.39. The van der Waals surface area contributed by atoms with Gasteiger partial charge in [0, 0.05) is 30.5 Å². The Morgan fingerprint density at radius 1 is 1.11 bits per heavy atom. The van der Waals surface area contributed by atoms with E-state index in [-0.39, 0.29) is 30.4 Å². The van der Waals surface area contributed by atoms with Crippen molar-refractivity contribution in [2.75, 3.05) is 6.54 Å². The summed E-state index contributed by atoms with van der Waals surface area (Å²) in [6.07, 6.45) is 0.577. The molecule has 0 aliphatic heterocycles. The average molecular weight is 387 g/mol. The van der Waals surface area contributed by atoms with E-state index in [2.05, 4.69) is 5.32 Å². The van der Waals surface area contributed by atoms with Gasteiger partial charge in [-0.1, -0.05) is 32.9 Å². The Labute approximate surface area is 168 Å². The maximum absolute atomic E-state index is 13.0. The number of rotatable bonds is 7. The monoisotopic (exact) mass is 386 g/mol. The molecule has 154 valence electrons. The van der Waals surface area contributed by atoms with Crippen molar-refractivity contribution in [2.24, 2.45) is 5.41 Å². The van der Waals surface area contributed by atoms with Gasteiger partial charge in [0.25, 0.3) is 0 Å². The van der Waals surface area contributed by atoms with Crippen molar-refractivity contribution in [3.05, 3.63) is 30.1 Å². The third kappa shape index (κ3) is 5.12. The van der Waals surface area contributed by atoms with Gasteiger partial charge in [0.1, 0.15) is 12.4 Å². The van der Waals surface area contributed by atoms with Crippen LogP contribution >= 0.6 is 0 Å². The van der Waals surface area contributed by atoms with Crippen LogP contribution in [0, 0.1) is 5.41 Å². The molecule has 0 fully saturated rings.